The summed E-state index contributed by atoms with van der Waals surface area (Å²) < 4.78 is 0. The molecule has 4 aromatic rings. The molecule has 0 spiro atoms. The van der Waals surface area contributed by atoms with E-state index >= 15 is 0 Å². The average Bonchev–Trinajstić information content (AvgIpc) is 2.80. The van der Waals surface area contributed by atoms with Gasteiger partial charge in [0, 0.05) is 0 Å². The summed E-state index contributed by atoms with van der Waals surface area (Å²) in [6, 6.07) is 43.8. The summed E-state index contributed by atoms with van der Waals surface area (Å²) in [7, 11) is 0. The van der Waals surface area contributed by atoms with Gasteiger partial charge in [-0.15, -0.1) is 0 Å². The van der Waals surface area contributed by atoms with E-state index in [1.807, 2.05) is 0 Å². The summed E-state index contributed by atoms with van der Waals surface area (Å²) in [5.41, 5.74) is 1.60. The van der Waals surface area contributed by atoms with Crippen LogP contribution in [-0.2, 0) is 0 Å². The van der Waals surface area contributed by atoms with Crippen LogP contribution in [0.2, 0.25) is 0 Å². The van der Waals surface area contributed by atoms with Gasteiger partial charge in [0.1, 0.15) is 0 Å². The van der Waals surface area contributed by atoms with Gasteiger partial charge in [-0.2, -0.15) is 0 Å². The molecule has 0 saturated heterocycles. The minimum atomic E-state index is -2.98. The first kappa shape index (κ1) is 19.1. The monoisotopic (exact) mass is 446 g/mol. The molecule has 2 heteroatoms. The molecule has 0 nitrogen and oxygen atoms in total. The Morgan fingerprint density at radius 3 is 1.11 bits per heavy atom. The summed E-state index contributed by atoms with van der Waals surface area (Å²) in [4.78, 5) is 0. The quantitative estimate of drug-likeness (QED) is 0.303. The molecule has 140 valence electrons. The Morgan fingerprint density at radius 2 is 0.786 bits per heavy atom. The Labute approximate surface area is 175 Å². The van der Waals surface area contributed by atoms with Crippen LogP contribution in [-0.4, -0.2) is 0 Å². The third-order valence-electron chi connectivity index (χ3n) is 5.79. The van der Waals surface area contributed by atoms with Crippen molar-refractivity contribution in [2.24, 2.45) is 0 Å². The Bertz CT molecular complexity index is 931. The molecule has 0 aliphatic heterocycles. The van der Waals surface area contributed by atoms with Crippen molar-refractivity contribution in [3.05, 3.63) is 127 Å². The van der Waals surface area contributed by atoms with E-state index in [2.05, 4.69) is 144 Å². The van der Waals surface area contributed by atoms with Crippen LogP contribution in [0.25, 0.3) is 0 Å². The standard InChI is InChI=1S/C26H24BrP/c1-22(23-14-6-2-7-15-23)28(27,24-16-8-3-9-17-24,25-18-10-4-11-19-25)26-20-12-5-13-21-26/h2-22H,1H3. The first-order valence-corrected chi connectivity index (χ1v) is 13.9. The second-order valence-corrected chi connectivity index (χ2v) is 16.1. The molecular weight excluding hydrogens is 423 g/mol. The van der Waals surface area contributed by atoms with Crippen molar-refractivity contribution in [1.82, 2.24) is 0 Å². The van der Waals surface area contributed by atoms with Crippen LogP contribution < -0.4 is 15.9 Å². The predicted molar refractivity (Wildman–Crippen MR) is 129 cm³/mol. The Morgan fingerprint density at radius 1 is 0.500 bits per heavy atom. The second kappa shape index (κ2) is 7.66. The van der Waals surface area contributed by atoms with Gasteiger partial charge in [-0.3, -0.25) is 0 Å². The zero-order chi connectivity index (χ0) is 19.5. The molecule has 1 unspecified atom stereocenters. The molecule has 0 bridgehead atoms. The van der Waals surface area contributed by atoms with E-state index in [1.54, 1.807) is 0 Å². The summed E-state index contributed by atoms with van der Waals surface area (Å²) >= 11 is 4.55. The molecule has 0 aliphatic rings. The summed E-state index contributed by atoms with van der Waals surface area (Å²) in [6.45, 7) is 2.37. The van der Waals surface area contributed by atoms with Gasteiger partial charge < -0.3 is 0 Å². The molecule has 0 radical (unpaired) electrons. The van der Waals surface area contributed by atoms with E-state index in [0.29, 0.717) is 0 Å². The van der Waals surface area contributed by atoms with Crippen LogP contribution in [0.4, 0.5) is 0 Å². The van der Waals surface area contributed by atoms with Crippen molar-refractivity contribution in [3.8, 4) is 0 Å². The van der Waals surface area contributed by atoms with Crippen molar-refractivity contribution >= 4 is 36.7 Å². The molecule has 4 aromatic carbocycles. The maximum absolute atomic E-state index is 4.55. The molecule has 4 rings (SSSR count). The molecular formula is C26H24BrP. The van der Waals surface area contributed by atoms with Crippen LogP contribution in [0.1, 0.15) is 18.1 Å². The molecule has 0 heterocycles. The summed E-state index contributed by atoms with van der Waals surface area (Å²) in [5, 5.41) is 1.07. The zero-order valence-electron chi connectivity index (χ0n) is 15.9. The summed E-state index contributed by atoms with van der Waals surface area (Å²) in [6.07, 6.45) is 0. The fraction of sp³-hybridized carbons (Fsp3) is 0.0769. The first-order valence-electron chi connectivity index (χ1n) is 9.61. The number of hydrogen-bond acceptors (Lipinski definition) is 0. The number of halogens is 1. The molecule has 0 fully saturated rings. The SMILES string of the molecule is CC(c1ccccc1)P(Br)(c1ccccc1)(c1ccccc1)c1ccccc1. The Kier molecular flexibility index (Phi) is 5.23. The van der Waals surface area contributed by atoms with E-state index in [9.17, 15) is 0 Å². The average molecular weight is 447 g/mol. The molecule has 28 heavy (non-hydrogen) atoms. The van der Waals surface area contributed by atoms with Crippen molar-refractivity contribution < 1.29 is 0 Å². The van der Waals surface area contributed by atoms with E-state index in [1.165, 1.54) is 21.5 Å². The van der Waals surface area contributed by atoms with Gasteiger partial charge in [-0.25, -0.2) is 0 Å². The third kappa shape index (κ3) is 2.85. The number of hydrogen-bond donors (Lipinski definition) is 0. The van der Waals surface area contributed by atoms with Gasteiger partial charge in [0.25, 0.3) is 0 Å². The molecule has 0 aromatic heterocycles. The molecule has 0 amide bonds. The third-order valence-corrected chi connectivity index (χ3v) is 17.0. The van der Waals surface area contributed by atoms with E-state index in [-0.39, 0.29) is 5.66 Å². The number of rotatable bonds is 5. The molecule has 1 atom stereocenters. The van der Waals surface area contributed by atoms with Crippen molar-refractivity contribution in [2.45, 2.75) is 12.6 Å². The van der Waals surface area contributed by atoms with Gasteiger partial charge in [0.15, 0.2) is 0 Å². The Balaban J connectivity index is 2.16. The van der Waals surface area contributed by atoms with E-state index in [4.69, 9.17) is 0 Å². The fourth-order valence-corrected chi connectivity index (χ4v) is 12.4. The molecule has 0 N–H and O–H groups in total. The van der Waals surface area contributed by atoms with Gasteiger partial charge in [-0.05, 0) is 0 Å². The van der Waals surface area contributed by atoms with Gasteiger partial charge in [-0.1, -0.05) is 0 Å². The molecule has 0 aliphatic carbocycles. The second-order valence-electron chi connectivity index (χ2n) is 7.17. The van der Waals surface area contributed by atoms with Crippen molar-refractivity contribution in [2.75, 3.05) is 0 Å². The summed E-state index contributed by atoms with van der Waals surface area (Å²) in [5.74, 6) is 0. The number of benzene rings is 4. The van der Waals surface area contributed by atoms with Gasteiger partial charge in [0.2, 0.25) is 0 Å². The minimum absolute atomic E-state index is 0.263. The van der Waals surface area contributed by atoms with Crippen LogP contribution in [0.15, 0.2) is 121 Å². The topological polar surface area (TPSA) is 0 Å². The van der Waals surface area contributed by atoms with Crippen LogP contribution >= 0.6 is 20.8 Å². The van der Waals surface area contributed by atoms with Crippen LogP contribution in [0.5, 0.6) is 0 Å². The zero-order valence-corrected chi connectivity index (χ0v) is 18.4. The predicted octanol–water partition coefficient (Wildman–Crippen LogP) is 6.59. The van der Waals surface area contributed by atoms with Gasteiger partial charge in [0.05, 0.1) is 0 Å². The van der Waals surface area contributed by atoms with E-state index < -0.39 is 5.31 Å². The van der Waals surface area contributed by atoms with Crippen LogP contribution in [0.3, 0.4) is 0 Å². The normalized spacial score (nSPS) is 14.0. The van der Waals surface area contributed by atoms with Crippen LogP contribution in [0, 0.1) is 0 Å². The Hall–Kier alpha value is -2.21. The van der Waals surface area contributed by atoms with Crippen molar-refractivity contribution in [1.29, 1.82) is 0 Å². The van der Waals surface area contributed by atoms with Gasteiger partial charge >= 0.3 is 176 Å². The maximum atomic E-state index is 4.55. The molecule has 0 saturated carbocycles. The first-order chi connectivity index (χ1) is 13.7. The van der Waals surface area contributed by atoms with Crippen molar-refractivity contribution in [3.63, 3.8) is 0 Å². The fourth-order valence-electron chi connectivity index (χ4n) is 4.29. The van der Waals surface area contributed by atoms with E-state index in [0.717, 1.165) is 0 Å².